The number of piperazine rings is 1. The molecule has 1 aliphatic rings. The van der Waals surface area contributed by atoms with Gasteiger partial charge >= 0.3 is 0 Å². The Morgan fingerprint density at radius 1 is 1.20 bits per heavy atom. The summed E-state index contributed by atoms with van der Waals surface area (Å²) in [5.41, 5.74) is 1.05. The molecule has 0 aliphatic carbocycles. The molecule has 0 unspecified atom stereocenters. The molecule has 2 heterocycles. The molecule has 3 rings (SSSR count). The van der Waals surface area contributed by atoms with Gasteiger partial charge in [0.1, 0.15) is 6.61 Å². The highest BCUT2D eigenvalue weighted by atomic mass is 32.1. The molecule has 30 heavy (non-hydrogen) atoms. The number of nitrogens with one attached hydrogen (secondary N) is 1. The second-order valence-corrected chi connectivity index (χ2v) is 8.10. The first kappa shape index (κ1) is 22.4. The third-order valence-corrected chi connectivity index (χ3v) is 5.82. The fourth-order valence-electron chi connectivity index (χ4n) is 3.42. The molecular formula is C22H32N4O3S. The van der Waals surface area contributed by atoms with Crippen LogP contribution in [0.1, 0.15) is 17.4 Å². The molecule has 0 amide bonds. The van der Waals surface area contributed by atoms with Crippen LogP contribution in [0.3, 0.4) is 0 Å². The van der Waals surface area contributed by atoms with Gasteiger partial charge in [-0.05, 0) is 36.1 Å². The zero-order valence-electron chi connectivity index (χ0n) is 17.8. The van der Waals surface area contributed by atoms with Crippen LogP contribution >= 0.6 is 11.3 Å². The summed E-state index contributed by atoms with van der Waals surface area (Å²) in [6, 6.07) is 10.1. The van der Waals surface area contributed by atoms with Crippen molar-refractivity contribution in [2.75, 3.05) is 53.0 Å². The topological polar surface area (TPSA) is 69.6 Å². The van der Waals surface area contributed by atoms with E-state index in [1.165, 1.54) is 4.88 Å². The van der Waals surface area contributed by atoms with E-state index in [0.29, 0.717) is 18.0 Å². The van der Waals surface area contributed by atoms with Crippen molar-refractivity contribution in [3.8, 4) is 11.5 Å². The Bertz CT molecular complexity index is 790. The third-order valence-electron chi connectivity index (χ3n) is 4.95. The van der Waals surface area contributed by atoms with Crippen LogP contribution in [0.4, 0.5) is 0 Å². The molecule has 2 aromatic rings. The fraction of sp³-hybridized carbons (Fsp3) is 0.500. The molecule has 1 aromatic heterocycles. The summed E-state index contributed by atoms with van der Waals surface area (Å²) in [6.07, 6.45) is 0. The monoisotopic (exact) mass is 432 g/mol. The summed E-state index contributed by atoms with van der Waals surface area (Å²) >= 11 is 1.82. The lowest BCUT2D eigenvalue weighted by atomic mass is 10.2. The highest BCUT2D eigenvalue weighted by molar-refractivity contribution is 7.09. The SMILES string of the molecule is CCNC(=NCc1ccc(OCCO)c(OC)c1)N1CCN(Cc2cccs2)CC1. The van der Waals surface area contributed by atoms with Crippen molar-refractivity contribution >= 4 is 17.3 Å². The predicted octanol–water partition coefficient (Wildman–Crippen LogP) is 2.41. The highest BCUT2D eigenvalue weighted by Gasteiger charge is 2.20. The van der Waals surface area contributed by atoms with Gasteiger partial charge in [0.05, 0.1) is 20.3 Å². The van der Waals surface area contributed by atoms with E-state index in [2.05, 4.69) is 39.6 Å². The summed E-state index contributed by atoms with van der Waals surface area (Å²) in [5, 5.41) is 14.5. The molecule has 0 atom stereocenters. The smallest absolute Gasteiger partial charge is 0.194 e. The lowest BCUT2D eigenvalue weighted by Gasteiger charge is -2.36. The maximum atomic E-state index is 8.95. The fourth-order valence-corrected chi connectivity index (χ4v) is 4.16. The molecule has 1 aromatic carbocycles. The molecule has 164 valence electrons. The van der Waals surface area contributed by atoms with Crippen LogP contribution in [0, 0.1) is 0 Å². The van der Waals surface area contributed by atoms with Gasteiger partial charge in [-0.3, -0.25) is 4.90 Å². The van der Waals surface area contributed by atoms with E-state index in [4.69, 9.17) is 19.6 Å². The number of rotatable bonds is 9. The van der Waals surface area contributed by atoms with Gasteiger partial charge in [0.25, 0.3) is 0 Å². The minimum absolute atomic E-state index is 0.0260. The number of methoxy groups -OCH3 is 1. The highest BCUT2D eigenvalue weighted by Crippen LogP contribution is 2.28. The van der Waals surface area contributed by atoms with Gasteiger partial charge < -0.3 is 24.8 Å². The molecule has 8 heteroatoms. The number of nitrogens with zero attached hydrogens (tertiary/aromatic N) is 3. The van der Waals surface area contributed by atoms with E-state index in [1.54, 1.807) is 7.11 Å². The number of aliphatic hydroxyl groups is 1. The first-order valence-corrected chi connectivity index (χ1v) is 11.3. The summed E-state index contributed by atoms with van der Waals surface area (Å²) in [5.74, 6) is 2.24. The number of aliphatic hydroxyl groups excluding tert-OH is 1. The standard InChI is InChI=1S/C22H32N4O3S/c1-3-23-22(26-10-8-25(9-11-26)17-19-5-4-14-30-19)24-16-18-6-7-20(29-13-12-27)21(15-18)28-2/h4-7,14-15,27H,3,8-13,16-17H2,1-2H3,(H,23,24). The number of thiophene rings is 1. The molecule has 1 saturated heterocycles. The van der Waals surface area contributed by atoms with Crippen LogP contribution < -0.4 is 14.8 Å². The Labute approximate surface area is 182 Å². The summed E-state index contributed by atoms with van der Waals surface area (Å²) < 4.78 is 10.9. The van der Waals surface area contributed by atoms with Crippen LogP contribution in [0.25, 0.3) is 0 Å². The Kier molecular flexibility index (Phi) is 8.80. The van der Waals surface area contributed by atoms with Crippen LogP contribution in [0.15, 0.2) is 40.7 Å². The summed E-state index contributed by atoms with van der Waals surface area (Å²) in [4.78, 5) is 11.1. The molecule has 2 N–H and O–H groups in total. The largest absolute Gasteiger partial charge is 0.493 e. The Morgan fingerprint density at radius 3 is 2.70 bits per heavy atom. The van der Waals surface area contributed by atoms with Crippen molar-refractivity contribution in [3.63, 3.8) is 0 Å². The van der Waals surface area contributed by atoms with E-state index in [0.717, 1.165) is 50.8 Å². The molecular weight excluding hydrogens is 400 g/mol. The number of guanidine groups is 1. The van der Waals surface area contributed by atoms with E-state index in [9.17, 15) is 0 Å². The van der Waals surface area contributed by atoms with Gasteiger partial charge in [-0.1, -0.05) is 12.1 Å². The van der Waals surface area contributed by atoms with Crippen molar-refractivity contribution in [1.82, 2.24) is 15.1 Å². The average molecular weight is 433 g/mol. The summed E-state index contributed by atoms with van der Waals surface area (Å²) in [7, 11) is 1.62. The van der Waals surface area contributed by atoms with Gasteiger partial charge in [0.2, 0.25) is 0 Å². The predicted molar refractivity (Wildman–Crippen MR) is 122 cm³/mol. The van der Waals surface area contributed by atoms with Crippen molar-refractivity contribution < 1.29 is 14.6 Å². The third kappa shape index (κ3) is 6.35. The minimum Gasteiger partial charge on any atom is -0.493 e. The second-order valence-electron chi connectivity index (χ2n) is 7.07. The Morgan fingerprint density at radius 2 is 2.03 bits per heavy atom. The van der Waals surface area contributed by atoms with Crippen LogP contribution in [-0.4, -0.2) is 73.9 Å². The maximum absolute atomic E-state index is 8.95. The number of benzene rings is 1. The van der Waals surface area contributed by atoms with Crippen molar-refractivity contribution in [2.24, 2.45) is 4.99 Å². The number of ether oxygens (including phenoxy) is 2. The van der Waals surface area contributed by atoms with Crippen molar-refractivity contribution in [3.05, 3.63) is 46.2 Å². The normalized spacial score (nSPS) is 15.3. The lowest BCUT2D eigenvalue weighted by molar-refractivity contribution is 0.173. The summed E-state index contributed by atoms with van der Waals surface area (Å²) in [6.45, 7) is 8.75. The number of hydrogen-bond donors (Lipinski definition) is 2. The van der Waals surface area contributed by atoms with Gasteiger partial charge in [-0.25, -0.2) is 4.99 Å². The van der Waals surface area contributed by atoms with Gasteiger partial charge in [0.15, 0.2) is 17.5 Å². The van der Waals surface area contributed by atoms with Gasteiger partial charge in [0, 0.05) is 44.1 Å². The maximum Gasteiger partial charge on any atom is 0.194 e. The average Bonchev–Trinajstić information content (AvgIpc) is 3.29. The van der Waals surface area contributed by atoms with Crippen molar-refractivity contribution in [2.45, 2.75) is 20.0 Å². The molecule has 1 aliphatic heterocycles. The zero-order valence-corrected chi connectivity index (χ0v) is 18.7. The Hall–Kier alpha value is -2.29. The molecule has 0 radical (unpaired) electrons. The molecule has 0 bridgehead atoms. The van der Waals surface area contributed by atoms with Gasteiger partial charge in [-0.2, -0.15) is 0 Å². The van der Waals surface area contributed by atoms with Gasteiger partial charge in [-0.15, -0.1) is 11.3 Å². The minimum atomic E-state index is -0.0260. The zero-order chi connectivity index (χ0) is 21.2. The lowest BCUT2D eigenvalue weighted by Crippen LogP contribution is -2.52. The van der Waals surface area contributed by atoms with E-state index < -0.39 is 0 Å². The van der Waals surface area contributed by atoms with E-state index >= 15 is 0 Å². The molecule has 1 fully saturated rings. The number of hydrogen-bond acceptors (Lipinski definition) is 6. The molecule has 7 nitrogen and oxygen atoms in total. The van der Waals surface area contributed by atoms with E-state index in [-0.39, 0.29) is 13.2 Å². The first-order chi connectivity index (χ1) is 14.7. The first-order valence-electron chi connectivity index (χ1n) is 10.4. The van der Waals surface area contributed by atoms with Crippen LogP contribution in [0.5, 0.6) is 11.5 Å². The molecule has 0 spiro atoms. The quantitative estimate of drug-likeness (QED) is 0.469. The second kappa shape index (κ2) is 11.8. The molecule has 0 saturated carbocycles. The Balaban J connectivity index is 1.59. The van der Waals surface area contributed by atoms with E-state index in [1.807, 2.05) is 29.5 Å². The van der Waals surface area contributed by atoms with Crippen molar-refractivity contribution in [1.29, 1.82) is 0 Å². The number of aliphatic imine (C=N–C) groups is 1. The van der Waals surface area contributed by atoms with Crippen LogP contribution in [-0.2, 0) is 13.1 Å². The van der Waals surface area contributed by atoms with Crippen LogP contribution in [0.2, 0.25) is 0 Å².